The molecule has 23 heavy (non-hydrogen) atoms. The van der Waals surface area contributed by atoms with Crippen molar-refractivity contribution in [1.29, 1.82) is 0 Å². The van der Waals surface area contributed by atoms with Crippen LogP contribution >= 0.6 is 11.6 Å². The fraction of sp³-hybridized carbons (Fsp3) is 0.350. The predicted molar refractivity (Wildman–Crippen MR) is 97.7 cm³/mol. The summed E-state index contributed by atoms with van der Waals surface area (Å²) in [5.41, 5.74) is 4.73. The number of carbonyl (C=O) groups excluding carboxylic acids is 1. The highest BCUT2D eigenvalue weighted by molar-refractivity contribution is 6.30. The van der Waals surface area contributed by atoms with Crippen LogP contribution in [0.5, 0.6) is 0 Å². The van der Waals surface area contributed by atoms with Crippen molar-refractivity contribution < 1.29 is 4.79 Å². The van der Waals surface area contributed by atoms with Crippen LogP contribution in [0.1, 0.15) is 50.7 Å². The van der Waals surface area contributed by atoms with Crippen LogP contribution in [-0.2, 0) is 11.3 Å². The molecule has 2 rings (SSSR count). The zero-order chi connectivity index (χ0) is 16.8. The van der Waals surface area contributed by atoms with E-state index in [1.165, 1.54) is 11.1 Å². The Hall–Kier alpha value is -1.80. The van der Waals surface area contributed by atoms with Crippen LogP contribution in [0.15, 0.2) is 42.5 Å². The molecule has 1 amide bonds. The fourth-order valence-corrected chi connectivity index (χ4v) is 2.77. The molecular formula is C20H24ClNO. The number of nitrogens with one attached hydrogen (secondary N) is 1. The average molecular weight is 330 g/mol. The molecule has 2 aromatic rings. The van der Waals surface area contributed by atoms with Gasteiger partial charge < -0.3 is 5.32 Å². The normalized spacial score (nSPS) is 12.0. The molecule has 2 aromatic carbocycles. The maximum absolute atomic E-state index is 11.4. The van der Waals surface area contributed by atoms with Gasteiger partial charge in [-0.25, -0.2) is 0 Å². The smallest absolute Gasteiger partial charge is 0.219 e. The third kappa shape index (κ3) is 4.59. The Balaban J connectivity index is 2.34. The molecular weight excluding hydrogens is 306 g/mol. The van der Waals surface area contributed by atoms with Gasteiger partial charge in [0.1, 0.15) is 0 Å². The first-order valence-electron chi connectivity index (χ1n) is 8.20. The van der Waals surface area contributed by atoms with E-state index >= 15 is 0 Å². The van der Waals surface area contributed by atoms with Gasteiger partial charge in [0.15, 0.2) is 0 Å². The van der Waals surface area contributed by atoms with Crippen LogP contribution in [0, 0.1) is 0 Å². The van der Waals surface area contributed by atoms with E-state index in [1.54, 1.807) is 0 Å². The molecule has 3 heteroatoms. The lowest BCUT2D eigenvalue weighted by Crippen LogP contribution is -2.21. The highest BCUT2D eigenvalue weighted by atomic mass is 35.5. The molecule has 0 radical (unpaired) electrons. The van der Waals surface area contributed by atoms with E-state index < -0.39 is 0 Å². The molecule has 0 fully saturated rings. The van der Waals surface area contributed by atoms with Gasteiger partial charge in [-0.3, -0.25) is 4.79 Å². The lowest BCUT2D eigenvalue weighted by atomic mass is 9.89. The van der Waals surface area contributed by atoms with Gasteiger partial charge in [0, 0.05) is 18.0 Å². The minimum absolute atomic E-state index is 0.0680. The topological polar surface area (TPSA) is 29.1 Å². The van der Waals surface area contributed by atoms with Crippen LogP contribution in [0.4, 0.5) is 0 Å². The minimum Gasteiger partial charge on any atom is -0.352 e. The Morgan fingerprint density at radius 1 is 1.17 bits per heavy atom. The molecule has 0 saturated heterocycles. The van der Waals surface area contributed by atoms with Crippen molar-refractivity contribution in [3.05, 3.63) is 58.6 Å². The first kappa shape index (κ1) is 17.6. The second kappa shape index (κ2) is 8.16. The van der Waals surface area contributed by atoms with Gasteiger partial charge in [-0.15, -0.1) is 0 Å². The quantitative estimate of drug-likeness (QED) is 0.740. The van der Waals surface area contributed by atoms with Crippen molar-refractivity contribution in [2.75, 3.05) is 0 Å². The van der Waals surface area contributed by atoms with Crippen LogP contribution in [0.3, 0.4) is 0 Å². The molecule has 0 heterocycles. The number of benzene rings is 2. The standard InChI is InChI=1S/C20H24ClNO/c1-4-14(3)18-10-9-17(21)12-19(18)16-8-6-7-15(11-16)13-22-20(23)5-2/h6-12,14H,4-5,13H2,1-3H3,(H,22,23). The summed E-state index contributed by atoms with van der Waals surface area (Å²) in [6, 6.07) is 14.4. The van der Waals surface area contributed by atoms with Gasteiger partial charge in [-0.1, -0.05) is 56.6 Å². The number of carbonyl (C=O) groups is 1. The van der Waals surface area contributed by atoms with Crippen molar-refractivity contribution in [3.8, 4) is 11.1 Å². The monoisotopic (exact) mass is 329 g/mol. The van der Waals surface area contributed by atoms with E-state index in [1.807, 2.05) is 31.2 Å². The largest absolute Gasteiger partial charge is 0.352 e. The summed E-state index contributed by atoms with van der Waals surface area (Å²) in [6.45, 7) is 6.84. The zero-order valence-electron chi connectivity index (χ0n) is 14.0. The van der Waals surface area contributed by atoms with Crippen LogP contribution in [-0.4, -0.2) is 5.91 Å². The van der Waals surface area contributed by atoms with Gasteiger partial charge in [0.05, 0.1) is 0 Å². The second-order valence-corrected chi connectivity index (χ2v) is 6.31. The maximum atomic E-state index is 11.4. The van der Waals surface area contributed by atoms with E-state index in [4.69, 9.17) is 11.6 Å². The molecule has 0 aliphatic heterocycles. The summed E-state index contributed by atoms with van der Waals surface area (Å²) in [7, 11) is 0. The Morgan fingerprint density at radius 2 is 1.96 bits per heavy atom. The van der Waals surface area contributed by atoms with Gasteiger partial charge in [0.2, 0.25) is 5.91 Å². The molecule has 1 unspecified atom stereocenters. The molecule has 1 N–H and O–H groups in total. The van der Waals surface area contributed by atoms with E-state index in [0.717, 1.165) is 22.6 Å². The van der Waals surface area contributed by atoms with E-state index in [9.17, 15) is 4.79 Å². The van der Waals surface area contributed by atoms with Gasteiger partial charge in [-0.2, -0.15) is 0 Å². The van der Waals surface area contributed by atoms with Gasteiger partial charge >= 0.3 is 0 Å². The molecule has 0 aliphatic rings. The lowest BCUT2D eigenvalue weighted by molar-refractivity contribution is -0.120. The predicted octanol–water partition coefficient (Wildman–Crippen LogP) is 5.55. The maximum Gasteiger partial charge on any atom is 0.219 e. The van der Waals surface area contributed by atoms with Crippen LogP contribution < -0.4 is 5.32 Å². The SMILES string of the molecule is CCC(=O)NCc1cccc(-c2cc(Cl)ccc2C(C)CC)c1. The molecule has 122 valence electrons. The molecule has 1 atom stereocenters. The second-order valence-electron chi connectivity index (χ2n) is 5.87. The van der Waals surface area contributed by atoms with Gasteiger partial charge in [-0.05, 0) is 52.8 Å². The Labute approximate surface area is 143 Å². The van der Waals surface area contributed by atoms with Crippen molar-refractivity contribution >= 4 is 17.5 Å². The molecule has 0 saturated carbocycles. The van der Waals surface area contributed by atoms with E-state index in [-0.39, 0.29) is 5.91 Å². The molecule has 0 bridgehead atoms. The molecule has 2 nitrogen and oxygen atoms in total. The first-order valence-corrected chi connectivity index (χ1v) is 8.58. The number of rotatable bonds is 6. The first-order chi connectivity index (χ1) is 11.0. The molecule has 0 spiro atoms. The molecule has 0 aliphatic carbocycles. The summed E-state index contributed by atoms with van der Waals surface area (Å²) in [4.78, 5) is 11.4. The number of hydrogen-bond donors (Lipinski definition) is 1. The summed E-state index contributed by atoms with van der Waals surface area (Å²) in [5, 5.41) is 3.67. The van der Waals surface area contributed by atoms with Crippen LogP contribution in [0.25, 0.3) is 11.1 Å². The minimum atomic E-state index is 0.0680. The Bertz CT molecular complexity index is 681. The zero-order valence-corrected chi connectivity index (χ0v) is 14.8. The highest BCUT2D eigenvalue weighted by Crippen LogP contribution is 2.33. The van der Waals surface area contributed by atoms with Crippen molar-refractivity contribution in [2.24, 2.45) is 0 Å². The number of amides is 1. The van der Waals surface area contributed by atoms with E-state index in [2.05, 4.69) is 37.4 Å². The van der Waals surface area contributed by atoms with Crippen molar-refractivity contribution in [3.63, 3.8) is 0 Å². The number of halogens is 1. The summed E-state index contributed by atoms with van der Waals surface area (Å²) >= 11 is 6.22. The Kier molecular flexibility index (Phi) is 6.23. The fourth-order valence-electron chi connectivity index (χ4n) is 2.60. The van der Waals surface area contributed by atoms with Gasteiger partial charge in [0.25, 0.3) is 0 Å². The van der Waals surface area contributed by atoms with E-state index in [0.29, 0.717) is 18.9 Å². The van der Waals surface area contributed by atoms with Crippen molar-refractivity contribution in [1.82, 2.24) is 5.32 Å². The summed E-state index contributed by atoms with van der Waals surface area (Å²) < 4.78 is 0. The average Bonchev–Trinajstić information content (AvgIpc) is 2.59. The molecule has 0 aromatic heterocycles. The number of hydrogen-bond acceptors (Lipinski definition) is 1. The summed E-state index contributed by atoms with van der Waals surface area (Å²) in [5.74, 6) is 0.546. The summed E-state index contributed by atoms with van der Waals surface area (Å²) in [6.07, 6.45) is 1.59. The third-order valence-electron chi connectivity index (χ3n) is 4.21. The van der Waals surface area contributed by atoms with Crippen molar-refractivity contribution in [2.45, 2.75) is 46.1 Å². The Morgan fingerprint density at radius 3 is 2.65 bits per heavy atom. The lowest BCUT2D eigenvalue weighted by Gasteiger charge is -2.16. The third-order valence-corrected chi connectivity index (χ3v) is 4.44. The highest BCUT2D eigenvalue weighted by Gasteiger charge is 2.12. The van der Waals surface area contributed by atoms with Crippen LogP contribution in [0.2, 0.25) is 5.02 Å².